The molecule has 9 heteroatoms. The lowest BCUT2D eigenvalue weighted by Gasteiger charge is -2.30. The molecule has 0 spiro atoms. The van der Waals surface area contributed by atoms with Crippen LogP contribution < -0.4 is 0 Å². The van der Waals surface area contributed by atoms with Gasteiger partial charge in [0.15, 0.2) is 5.78 Å². The van der Waals surface area contributed by atoms with Gasteiger partial charge in [-0.1, -0.05) is 22.0 Å². The molecule has 1 unspecified atom stereocenters. The van der Waals surface area contributed by atoms with Crippen LogP contribution in [0.25, 0.3) is 0 Å². The van der Waals surface area contributed by atoms with Crippen molar-refractivity contribution in [3.05, 3.63) is 69.4 Å². The SMILES string of the molecule is CC(c1ccc(C(=O)c2ccc(F)cc2)c(Br)c1)S(=O)(=O)OC(=O)N(C)C(C)(C)C. The minimum absolute atomic E-state index is 0.291. The van der Waals surface area contributed by atoms with E-state index >= 15 is 0 Å². The van der Waals surface area contributed by atoms with Crippen LogP contribution in [0.3, 0.4) is 0 Å². The number of carbonyl (C=O) groups excluding carboxylic acids is 2. The second kappa shape index (κ2) is 8.85. The van der Waals surface area contributed by atoms with E-state index in [0.29, 0.717) is 21.2 Å². The Morgan fingerprint density at radius 3 is 2.17 bits per heavy atom. The average molecular weight is 500 g/mol. The van der Waals surface area contributed by atoms with E-state index in [0.717, 1.165) is 0 Å². The third-order valence-corrected chi connectivity index (χ3v) is 6.88. The Morgan fingerprint density at radius 1 is 1.10 bits per heavy atom. The van der Waals surface area contributed by atoms with E-state index in [1.807, 2.05) is 0 Å². The van der Waals surface area contributed by atoms with Crippen molar-refractivity contribution in [1.29, 1.82) is 0 Å². The topological polar surface area (TPSA) is 80.7 Å². The summed E-state index contributed by atoms with van der Waals surface area (Å²) < 4.78 is 43.4. The van der Waals surface area contributed by atoms with Gasteiger partial charge in [0.05, 0.1) is 0 Å². The summed E-state index contributed by atoms with van der Waals surface area (Å²) in [4.78, 5) is 26.0. The van der Waals surface area contributed by atoms with Crippen LogP contribution in [0.2, 0.25) is 0 Å². The van der Waals surface area contributed by atoms with E-state index in [2.05, 4.69) is 15.9 Å². The quantitative estimate of drug-likeness (QED) is 0.423. The number of rotatable bonds is 5. The summed E-state index contributed by atoms with van der Waals surface area (Å²) in [6.07, 6.45) is -0.975. The molecule has 0 saturated heterocycles. The largest absolute Gasteiger partial charge is 0.425 e. The van der Waals surface area contributed by atoms with Crippen molar-refractivity contribution in [2.24, 2.45) is 0 Å². The fourth-order valence-corrected chi connectivity index (χ4v) is 3.90. The second-order valence-corrected chi connectivity index (χ2v) is 10.5. The van der Waals surface area contributed by atoms with Crippen LogP contribution in [0.1, 0.15) is 54.4 Å². The Morgan fingerprint density at radius 2 is 1.67 bits per heavy atom. The Balaban J connectivity index is 2.25. The zero-order chi connectivity index (χ0) is 22.9. The van der Waals surface area contributed by atoms with Gasteiger partial charge in [0.1, 0.15) is 11.1 Å². The lowest BCUT2D eigenvalue weighted by Crippen LogP contribution is -2.43. The third-order valence-electron chi connectivity index (χ3n) is 4.71. The molecular weight excluding hydrogens is 477 g/mol. The molecular formula is C21H23BrFNO5S. The summed E-state index contributed by atoms with van der Waals surface area (Å²) >= 11 is 3.29. The van der Waals surface area contributed by atoms with Gasteiger partial charge in [-0.2, -0.15) is 8.42 Å². The van der Waals surface area contributed by atoms with Gasteiger partial charge in [0.25, 0.3) is 0 Å². The molecule has 1 atom stereocenters. The van der Waals surface area contributed by atoms with Gasteiger partial charge in [0, 0.05) is 28.2 Å². The molecule has 0 radical (unpaired) electrons. The first kappa shape index (κ1) is 24.0. The van der Waals surface area contributed by atoms with Gasteiger partial charge >= 0.3 is 16.2 Å². The van der Waals surface area contributed by atoms with Crippen LogP contribution in [-0.2, 0) is 14.3 Å². The predicted molar refractivity (Wildman–Crippen MR) is 115 cm³/mol. The van der Waals surface area contributed by atoms with Crippen molar-refractivity contribution >= 4 is 37.9 Å². The maximum Gasteiger partial charge on any atom is 0.425 e. The summed E-state index contributed by atoms with van der Waals surface area (Å²) in [5.74, 6) is -0.797. The molecule has 0 N–H and O–H groups in total. The number of hydrogen-bond donors (Lipinski definition) is 0. The molecule has 0 bridgehead atoms. The van der Waals surface area contributed by atoms with Crippen molar-refractivity contribution in [1.82, 2.24) is 4.90 Å². The molecule has 162 valence electrons. The zero-order valence-corrected chi connectivity index (χ0v) is 19.7. The molecule has 2 aromatic rings. The third kappa shape index (κ3) is 5.46. The Kier molecular flexibility index (Phi) is 7.08. The molecule has 2 aromatic carbocycles. The fraction of sp³-hybridized carbons (Fsp3) is 0.333. The molecule has 1 amide bonds. The van der Waals surface area contributed by atoms with Crippen molar-refractivity contribution in [3.63, 3.8) is 0 Å². The normalized spacial score (nSPS) is 12.9. The summed E-state index contributed by atoms with van der Waals surface area (Å²) in [6, 6.07) is 9.55. The van der Waals surface area contributed by atoms with Crippen molar-refractivity contribution in [2.75, 3.05) is 7.05 Å². The minimum Gasteiger partial charge on any atom is -0.327 e. The molecule has 6 nitrogen and oxygen atoms in total. The molecule has 0 heterocycles. The van der Waals surface area contributed by atoms with Crippen LogP contribution in [0.15, 0.2) is 46.9 Å². The van der Waals surface area contributed by atoms with Gasteiger partial charge in [-0.25, -0.2) is 9.18 Å². The van der Waals surface area contributed by atoms with Gasteiger partial charge in [-0.3, -0.25) is 4.79 Å². The lowest BCUT2D eigenvalue weighted by atomic mass is 10.0. The van der Waals surface area contributed by atoms with Crippen LogP contribution in [0.5, 0.6) is 0 Å². The van der Waals surface area contributed by atoms with E-state index in [1.165, 1.54) is 61.3 Å². The average Bonchev–Trinajstić information content (AvgIpc) is 2.65. The van der Waals surface area contributed by atoms with Gasteiger partial charge < -0.3 is 9.08 Å². The Labute approximate surface area is 184 Å². The number of carbonyl (C=O) groups is 2. The van der Waals surface area contributed by atoms with Crippen molar-refractivity contribution < 1.29 is 26.6 Å². The van der Waals surface area contributed by atoms with Crippen LogP contribution in [0, 0.1) is 5.82 Å². The molecule has 0 aliphatic carbocycles. The minimum atomic E-state index is -4.26. The standard InChI is InChI=1S/C21H23BrFNO5S/c1-13(30(27,28)29-20(26)24(5)21(2,3)4)15-8-11-17(18(22)12-15)19(25)14-6-9-16(23)10-7-14/h6-13H,1-5H3. The van der Waals surface area contributed by atoms with Gasteiger partial charge in [0.2, 0.25) is 0 Å². The predicted octanol–water partition coefficient (Wildman–Crippen LogP) is 5.08. The number of hydrogen-bond acceptors (Lipinski definition) is 5. The van der Waals surface area contributed by atoms with Crippen molar-refractivity contribution in [3.8, 4) is 0 Å². The Hall–Kier alpha value is -2.26. The lowest BCUT2D eigenvalue weighted by molar-refractivity contribution is 0.103. The second-order valence-electron chi connectivity index (χ2n) is 7.79. The molecule has 0 fully saturated rings. The van der Waals surface area contributed by atoms with Gasteiger partial charge in [-0.15, -0.1) is 0 Å². The maximum atomic E-state index is 13.1. The van der Waals surface area contributed by atoms with Crippen LogP contribution >= 0.6 is 15.9 Å². The van der Waals surface area contributed by atoms with E-state index < -0.39 is 32.8 Å². The number of benzene rings is 2. The van der Waals surface area contributed by atoms with E-state index in [4.69, 9.17) is 4.18 Å². The van der Waals surface area contributed by atoms with Gasteiger partial charge in [-0.05, 0) is 69.7 Å². The summed E-state index contributed by atoms with van der Waals surface area (Å²) in [5.41, 5.74) is 0.314. The fourth-order valence-electron chi connectivity index (χ4n) is 2.39. The molecule has 0 saturated carbocycles. The van der Waals surface area contributed by atoms with E-state index in [9.17, 15) is 22.4 Å². The van der Waals surface area contributed by atoms with Crippen LogP contribution in [0.4, 0.5) is 9.18 Å². The highest BCUT2D eigenvalue weighted by atomic mass is 79.9. The van der Waals surface area contributed by atoms with E-state index in [-0.39, 0.29) is 5.78 Å². The number of halogens is 2. The number of amides is 1. The van der Waals surface area contributed by atoms with Crippen molar-refractivity contribution in [2.45, 2.75) is 38.5 Å². The molecule has 0 aliphatic heterocycles. The molecule has 0 aromatic heterocycles. The highest BCUT2D eigenvalue weighted by molar-refractivity contribution is 9.10. The first-order valence-electron chi connectivity index (χ1n) is 9.05. The Bertz CT molecular complexity index is 1060. The zero-order valence-electron chi connectivity index (χ0n) is 17.3. The summed E-state index contributed by atoms with van der Waals surface area (Å²) in [5, 5.41) is -1.15. The maximum absolute atomic E-state index is 13.1. The monoisotopic (exact) mass is 499 g/mol. The molecule has 2 rings (SSSR count). The first-order chi connectivity index (χ1) is 13.7. The summed E-state index contributed by atoms with van der Waals surface area (Å²) in [6.45, 7) is 6.64. The number of ketones is 1. The first-order valence-corrected chi connectivity index (χ1v) is 11.3. The molecule has 30 heavy (non-hydrogen) atoms. The molecule has 0 aliphatic rings. The summed E-state index contributed by atoms with van der Waals surface area (Å²) in [7, 11) is -2.81. The van der Waals surface area contributed by atoms with Crippen LogP contribution in [-0.4, -0.2) is 37.8 Å². The van der Waals surface area contributed by atoms with E-state index in [1.54, 1.807) is 20.8 Å². The smallest absolute Gasteiger partial charge is 0.327 e. The highest BCUT2D eigenvalue weighted by Gasteiger charge is 2.32. The highest BCUT2D eigenvalue weighted by Crippen LogP contribution is 2.30. The number of nitrogens with zero attached hydrogens (tertiary/aromatic N) is 1.